The Bertz CT molecular complexity index is 2160. The van der Waals surface area contributed by atoms with Gasteiger partial charge in [0, 0.05) is 38.9 Å². The van der Waals surface area contributed by atoms with Crippen molar-refractivity contribution in [1.82, 2.24) is 36.4 Å². The molecule has 26 heteroatoms. The number of ether oxygens (including phenoxy) is 1. The number of carbonyl (C=O) groups excluding carboxylic acids is 8. The van der Waals surface area contributed by atoms with Crippen molar-refractivity contribution in [3.63, 3.8) is 0 Å². The number of nitrogens with one attached hydrogen (secondary N) is 5. The van der Waals surface area contributed by atoms with Crippen molar-refractivity contribution in [3.05, 3.63) is 29.8 Å². The number of carbonyl (C=O) groups is 8. The van der Waals surface area contributed by atoms with Gasteiger partial charge in [0.15, 0.2) is 6.23 Å². The number of amides is 8. The van der Waals surface area contributed by atoms with Crippen LogP contribution >= 0.6 is 0 Å². The van der Waals surface area contributed by atoms with Crippen molar-refractivity contribution in [2.75, 3.05) is 26.2 Å². The van der Waals surface area contributed by atoms with E-state index >= 15 is 0 Å². The fraction of sp³-hybridized carbons (Fsp3) is 0.731. The third-order valence-electron chi connectivity index (χ3n) is 14.7. The Morgan fingerprint density at radius 3 is 2.00 bits per heavy atom. The van der Waals surface area contributed by atoms with E-state index in [-0.39, 0.29) is 37.3 Å². The fourth-order valence-corrected chi connectivity index (χ4v) is 10.1. The number of benzene rings is 1. The maximum absolute atomic E-state index is 14.6. The van der Waals surface area contributed by atoms with Crippen LogP contribution in [0, 0.1) is 11.8 Å². The number of hydrogen-bond acceptors (Lipinski definition) is 18. The van der Waals surface area contributed by atoms with Crippen molar-refractivity contribution < 1.29 is 83.9 Å². The van der Waals surface area contributed by atoms with Gasteiger partial charge in [-0.2, -0.15) is 0 Å². The molecule has 0 spiro atoms. The van der Waals surface area contributed by atoms with Crippen molar-refractivity contribution >= 4 is 47.3 Å². The smallest absolute Gasteiger partial charge is 0.248 e. The van der Waals surface area contributed by atoms with Gasteiger partial charge in [0.25, 0.3) is 0 Å². The number of nitrogens with two attached hydrogens (primary N) is 2. The van der Waals surface area contributed by atoms with Gasteiger partial charge in [-0.05, 0) is 55.7 Å². The third-order valence-corrected chi connectivity index (χ3v) is 14.7. The molecule has 26 nitrogen and oxygen atoms in total. The Hall–Kier alpha value is -5.58. The second kappa shape index (κ2) is 31.3. The Labute approximate surface area is 454 Å². The van der Waals surface area contributed by atoms with Crippen LogP contribution in [0.25, 0.3) is 0 Å². The normalized spacial score (nSPS) is 28.4. The van der Waals surface area contributed by atoms with Crippen LogP contribution in [0.5, 0.6) is 5.75 Å². The zero-order chi connectivity index (χ0) is 58.0. The van der Waals surface area contributed by atoms with Gasteiger partial charge in [-0.15, -0.1) is 0 Å². The van der Waals surface area contributed by atoms with E-state index in [0.29, 0.717) is 24.7 Å². The highest BCUT2D eigenvalue weighted by Gasteiger charge is 2.49. The SMILES string of the molecule is CC[C@H](C)C[C@H](C)CCCCCCCCC(=O)N[C@H]1C[C@@H](O)C(OCCN)NC(=O)[C@@H]2[C@@H](O)CCN2C(=O)[C@H]([C@H](O)CC(N)=O)NC(=O)[C@H]([C@H](O)[C@@H](O)c2ccc(O)cc2)NC(=O)[C@@H]2C[C@@H](O)CN2C(=O)[C@H]([C@@H](C)O)NC1=O. The molecule has 0 saturated carbocycles. The Kier molecular flexibility index (Phi) is 26.0. The van der Waals surface area contributed by atoms with Crippen LogP contribution in [-0.2, 0) is 43.1 Å². The number of fused-ring (bicyclic) bond motifs is 2. The molecule has 1 aromatic carbocycles. The summed E-state index contributed by atoms with van der Waals surface area (Å²) in [6.07, 6.45) is -9.20. The molecule has 0 aliphatic carbocycles. The number of aliphatic hydroxyl groups excluding tert-OH is 7. The minimum atomic E-state index is -2.36. The van der Waals surface area contributed by atoms with E-state index in [9.17, 15) is 79.2 Å². The van der Waals surface area contributed by atoms with Crippen LogP contribution < -0.4 is 38.1 Å². The van der Waals surface area contributed by atoms with E-state index in [0.717, 1.165) is 67.4 Å². The summed E-state index contributed by atoms with van der Waals surface area (Å²) in [6.45, 7) is 6.33. The summed E-state index contributed by atoms with van der Waals surface area (Å²) in [5.41, 5.74) is 11.0. The highest BCUT2D eigenvalue weighted by molar-refractivity contribution is 5.98. The number of phenolic OH excluding ortho intramolecular Hbond substituents is 1. The molecule has 3 heterocycles. The first-order chi connectivity index (χ1) is 36.9. The molecule has 440 valence electrons. The molecular weight excluding hydrogens is 1020 g/mol. The average Bonchev–Trinajstić information content (AvgIpc) is 4.01. The number of phenols is 1. The van der Waals surface area contributed by atoms with E-state index in [1.54, 1.807) is 0 Å². The number of aromatic hydroxyl groups is 1. The van der Waals surface area contributed by atoms with Crippen LogP contribution in [0.2, 0.25) is 0 Å². The van der Waals surface area contributed by atoms with Gasteiger partial charge in [0.2, 0.25) is 47.3 Å². The van der Waals surface area contributed by atoms with Crippen molar-refractivity contribution in [2.45, 2.75) is 203 Å². The summed E-state index contributed by atoms with van der Waals surface area (Å²) >= 11 is 0. The predicted molar refractivity (Wildman–Crippen MR) is 278 cm³/mol. The summed E-state index contributed by atoms with van der Waals surface area (Å²) in [5, 5.41) is 101. The van der Waals surface area contributed by atoms with Gasteiger partial charge in [-0.25, -0.2) is 0 Å². The molecule has 17 N–H and O–H groups in total. The standard InChI is InChI=1S/C52H85N9O17/c1-5-27(2)22-28(3)12-10-8-6-7-9-11-13-39(69)55-33-24-37(67)50(78-21-19-53)59-49(75)43-35(65)18-20-60(43)52(77)41(36(66)25-38(54)68)57-48(74)42(45(71)44(70)30-14-16-31(63)17-15-30)58-47(73)34-23-32(64)26-61(34)51(76)40(29(4)62)56-46(33)72/h14-17,27-29,32-37,40-45,50,62-67,70-71H,5-13,18-26,53H2,1-4H3,(H2,54,68)(H,55,69)(H,56,72)(H,57,74)(H,58,73)(H,59,75)/t27-,28+,29+,32+,33-,34-,35-,36+,37+,40-,41-,42-,43-,44-,45-,50?/m0/s1. The van der Waals surface area contributed by atoms with Crippen molar-refractivity contribution in [1.29, 1.82) is 0 Å². The molecule has 1 aromatic rings. The van der Waals surface area contributed by atoms with Gasteiger partial charge < -0.3 is 93.4 Å². The second-order valence-electron chi connectivity index (χ2n) is 21.2. The van der Waals surface area contributed by atoms with Crippen LogP contribution in [-0.4, -0.2) is 203 Å². The Morgan fingerprint density at radius 2 is 1.37 bits per heavy atom. The third kappa shape index (κ3) is 18.8. The second-order valence-corrected chi connectivity index (χ2v) is 21.2. The van der Waals surface area contributed by atoms with Gasteiger partial charge in [0.05, 0.1) is 37.4 Å². The first-order valence-corrected chi connectivity index (χ1v) is 27.2. The molecule has 0 aromatic heterocycles. The zero-order valence-electron chi connectivity index (χ0n) is 45.1. The number of aliphatic hydroxyl groups is 7. The molecule has 3 fully saturated rings. The summed E-state index contributed by atoms with van der Waals surface area (Å²) in [7, 11) is 0. The molecule has 3 saturated heterocycles. The van der Waals surface area contributed by atoms with Gasteiger partial charge in [0.1, 0.15) is 60.3 Å². The van der Waals surface area contributed by atoms with Crippen LogP contribution in [0.3, 0.4) is 0 Å². The largest absolute Gasteiger partial charge is 0.508 e. The van der Waals surface area contributed by atoms with Crippen molar-refractivity contribution in [2.24, 2.45) is 23.3 Å². The monoisotopic (exact) mass is 1110 g/mol. The average molecular weight is 1110 g/mol. The number of rotatable bonds is 23. The first-order valence-electron chi connectivity index (χ1n) is 27.2. The van der Waals surface area contributed by atoms with Crippen molar-refractivity contribution in [3.8, 4) is 5.75 Å². The molecule has 3 aliphatic rings. The van der Waals surface area contributed by atoms with E-state index in [1.807, 2.05) is 0 Å². The summed E-state index contributed by atoms with van der Waals surface area (Å²) in [4.78, 5) is 114. The topological polar surface area (TPSA) is 426 Å². The number of hydrogen-bond donors (Lipinski definition) is 15. The van der Waals surface area contributed by atoms with Crippen LogP contribution in [0.15, 0.2) is 24.3 Å². The molecule has 78 heavy (non-hydrogen) atoms. The highest BCUT2D eigenvalue weighted by atomic mass is 16.5. The lowest BCUT2D eigenvalue weighted by Gasteiger charge is -2.34. The summed E-state index contributed by atoms with van der Waals surface area (Å²) < 4.78 is 5.70. The van der Waals surface area contributed by atoms with E-state index < -0.39 is 165 Å². The van der Waals surface area contributed by atoms with Gasteiger partial charge in [-0.1, -0.05) is 77.8 Å². The van der Waals surface area contributed by atoms with E-state index in [2.05, 4.69) is 47.4 Å². The molecule has 3 aliphatic heterocycles. The lowest BCUT2D eigenvalue weighted by atomic mass is 9.91. The number of primary amides is 1. The van der Waals surface area contributed by atoms with Crippen LogP contribution in [0.1, 0.15) is 129 Å². The zero-order valence-corrected chi connectivity index (χ0v) is 45.1. The maximum Gasteiger partial charge on any atom is 0.248 e. The summed E-state index contributed by atoms with van der Waals surface area (Å²) in [6, 6.07) is -7.20. The summed E-state index contributed by atoms with van der Waals surface area (Å²) in [5.74, 6) is -8.30. The lowest BCUT2D eigenvalue weighted by Crippen LogP contribution is -2.64. The van der Waals surface area contributed by atoms with E-state index in [1.165, 1.54) is 18.6 Å². The van der Waals surface area contributed by atoms with Gasteiger partial charge in [-0.3, -0.25) is 38.4 Å². The molecule has 0 radical (unpaired) electrons. The molecule has 1 unspecified atom stereocenters. The minimum Gasteiger partial charge on any atom is -0.508 e. The minimum absolute atomic E-state index is 0.0611. The van der Waals surface area contributed by atoms with Gasteiger partial charge >= 0.3 is 0 Å². The molecular formula is C52H85N9O17. The predicted octanol–water partition coefficient (Wildman–Crippen LogP) is -3.36. The van der Waals surface area contributed by atoms with Crippen LogP contribution in [0.4, 0.5) is 0 Å². The Morgan fingerprint density at radius 1 is 0.756 bits per heavy atom. The number of unbranched alkanes of at least 4 members (excludes halogenated alkanes) is 5. The van der Waals surface area contributed by atoms with E-state index in [4.69, 9.17) is 16.2 Å². The quantitative estimate of drug-likeness (QED) is 0.0476. The first kappa shape index (κ1) is 64.9. The maximum atomic E-state index is 14.6. The molecule has 4 rings (SSSR count). The molecule has 16 atom stereocenters. The Balaban J connectivity index is 1.74. The lowest BCUT2D eigenvalue weighted by molar-refractivity contribution is -0.150. The molecule has 8 amide bonds. The molecule has 0 bridgehead atoms. The number of nitrogens with zero attached hydrogens (tertiary/aromatic N) is 2. The highest BCUT2D eigenvalue weighted by Crippen LogP contribution is 2.27. The fourth-order valence-electron chi connectivity index (χ4n) is 10.1.